The molecule has 1 spiro atoms. The van der Waals surface area contributed by atoms with Crippen LogP contribution in [0.25, 0.3) is 0 Å². The van der Waals surface area contributed by atoms with Crippen LogP contribution in [0, 0.1) is 0 Å². The van der Waals surface area contributed by atoms with Crippen LogP contribution in [0.15, 0.2) is 23.5 Å². The zero-order valence-electron chi connectivity index (χ0n) is 16.3. The maximum Gasteiger partial charge on any atom is 0.225 e. The van der Waals surface area contributed by atoms with Crippen molar-refractivity contribution in [3.8, 4) is 0 Å². The van der Waals surface area contributed by atoms with Crippen LogP contribution in [0.1, 0.15) is 38.5 Å². The smallest absolute Gasteiger partial charge is 0.225 e. The minimum Gasteiger partial charge on any atom is -0.370 e. The summed E-state index contributed by atoms with van der Waals surface area (Å²) in [6.45, 7) is 4.50. The number of rotatable bonds is 3. The van der Waals surface area contributed by atoms with Crippen molar-refractivity contribution in [2.24, 2.45) is 10.7 Å². The van der Waals surface area contributed by atoms with Crippen LogP contribution in [0.2, 0.25) is 0 Å². The molecule has 3 heterocycles. The van der Waals surface area contributed by atoms with Crippen molar-refractivity contribution in [2.45, 2.75) is 50.4 Å². The van der Waals surface area contributed by atoms with E-state index in [1.165, 1.54) is 25.7 Å². The minimum atomic E-state index is -0.354. The Kier molecular flexibility index (Phi) is 7.69. The lowest BCUT2D eigenvalue weighted by molar-refractivity contribution is -0.174. The van der Waals surface area contributed by atoms with Crippen LogP contribution in [-0.4, -0.2) is 72.0 Å². The van der Waals surface area contributed by atoms with E-state index in [2.05, 4.69) is 24.8 Å². The fourth-order valence-electron chi connectivity index (χ4n) is 4.12. The van der Waals surface area contributed by atoms with E-state index < -0.39 is 0 Å². The SMILES string of the molecule is I.NC(=NCC1COC2(CCCCCC2)O1)N1CCN(c2ncccn2)CC1. The molecule has 156 valence electrons. The number of aliphatic imine (C=N–C) groups is 1. The molecule has 1 aliphatic carbocycles. The van der Waals surface area contributed by atoms with Crippen molar-refractivity contribution in [1.29, 1.82) is 0 Å². The van der Waals surface area contributed by atoms with Crippen LogP contribution in [-0.2, 0) is 9.47 Å². The zero-order chi connectivity index (χ0) is 18.5. The van der Waals surface area contributed by atoms with Crippen molar-refractivity contribution in [1.82, 2.24) is 14.9 Å². The van der Waals surface area contributed by atoms with E-state index in [1.807, 2.05) is 6.07 Å². The normalized spacial score (nSPS) is 25.4. The summed E-state index contributed by atoms with van der Waals surface area (Å²) in [5.41, 5.74) is 6.24. The van der Waals surface area contributed by atoms with Gasteiger partial charge in [0.15, 0.2) is 11.7 Å². The highest BCUT2D eigenvalue weighted by Crippen LogP contribution is 2.36. The second-order valence-corrected chi connectivity index (χ2v) is 7.60. The van der Waals surface area contributed by atoms with Gasteiger partial charge >= 0.3 is 0 Å². The monoisotopic (exact) mass is 502 g/mol. The lowest BCUT2D eigenvalue weighted by Crippen LogP contribution is -2.51. The summed E-state index contributed by atoms with van der Waals surface area (Å²) in [5, 5.41) is 0. The Balaban J connectivity index is 0.00000225. The van der Waals surface area contributed by atoms with Gasteiger partial charge in [-0.3, -0.25) is 4.99 Å². The predicted molar refractivity (Wildman–Crippen MR) is 119 cm³/mol. The van der Waals surface area contributed by atoms with Gasteiger partial charge in [0.1, 0.15) is 6.10 Å². The molecule has 0 aromatic carbocycles. The number of ether oxygens (including phenoxy) is 2. The van der Waals surface area contributed by atoms with Crippen molar-refractivity contribution in [3.63, 3.8) is 0 Å². The second kappa shape index (κ2) is 10.0. The summed E-state index contributed by atoms with van der Waals surface area (Å²) in [6.07, 6.45) is 10.5. The Bertz CT molecular complexity index is 631. The number of hydrogen-bond donors (Lipinski definition) is 1. The third-order valence-corrected chi connectivity index (χ3v) is 5.67. The molecule has 1 unspecified atom stereocenters. The van der Waals surface area contributed by atoms with E-state index in [9.17, 15) is 0 Å². The van der Waals surface area contributed by atoms with Gasteiger partial charge in [0.05, 0.1) is 13.2 Å². The van der Waals surface area contributed by atoms with Gasteiger partial charge in [-0.25, -0.2) is 9.97 Å². The average Bonchev–Trinajstić information content (AvgIpc) is 2.98. The Hall–Kier alpha value is -1.20. The number of piperazine rings is 1. The van der Waals surface area contributed by atoms with Gasteiger partial charge in [-0.05, 0) is 18.9 Å². The summed E-state index contributed by atoms with van der Waals surface area (Å²) in [7, 11) is 0. The van der Waals surface area contributed by atoms with E-state index in [1.54, 1.807) is 12.4 Å². The molecule has 9 heteroatoms. The Morgan fingerprint density at radius 1 is 1.11 bits per heavy atom. The molecule has 2 aliphatic heterocycles. The molecule has 0 amide bonds. The summed E-state index contributed by atoms with van der Waals surface area (Å²) in [6, 6.07) is 1.83. The Morgan fingerprint density at radius 3 is 2.46 bits per heavy atom. The topological polar surface area (TPSA) is 89.1 Å². The van der Waals surface area contributed by atoms with Gasteiger partial charge in [-0.15, -0.1) is 24.0 Å². The van der Waals surface area contributed by atoms with Gasteiger partial charge < -0.3 is 25.0 Å². The van der Waals surface area contributed by atoms with E-state index >= 15 is 0 Å². The van der Waals surface area contributed by atoms with E-state index in [0.29, 0.717) is 19.1 Å². The van der Waals surface area contributed by atoms with E-state index in [4.69, 9.17) is 15.2 Å². The van der Waals surface area contributed by atoms with Crippen molar-refractivity contribution < 1.29 is 9.47 Å². The molecule has 3 fully saturated rings. The molecule has 0 radical (unpaired) electrons. The molecule has 1 aromatic rings. The summed E-state index contributed by atoms with van der Waals surface area (Å²) in [4.78, 5) is 17.5. The summed E-state index contributed by atoms with van der Waals surface area (Å²) >= 11 is 0. The van der Waals surface area contributed by atoms with Gasteiger partial charge in [0.25, 0.3) is 0 Å². The molecular weight excluding hydrogens is 471 g/mol. The number of anilines is 1. The second-order valence-electron chi connectivity index (χ2n) is 7.60. The number of hydrogen-bond acceptors (Lipinski definition) is 6. The lowest BCUT2D eigenvalue weighted by Gasteiger charge is -2.35. The molecule has 28 heavy (non-hydrogen) atoms. The highest BCUT2D eigenvalue weighted by Gasteiger charge is 2.41. The first-order valence-electron chi connectivity index (χ1n) is 10.1. The number of nitrogens with two attached hydrogens (primary N) is 1. The van der Waals surface area contributed by atoms with E-state index in [-0.39, 0.29) is 35.9 Å². The van der Waals surface area contributed by atoms with E-state index in [0.717, 1.165) is 45.0 Å². The molecular formula is C19H31IN6O2. The highest BCUT2D eigenvalue weighted by molar-refractivity contribution is 14.0. The van der Waals surface area contributed by atoms with Crippen LogP contribution in [0.4, 0.5) is 5.95 Å². The van der Waals surface area contributed by atoms with Gasteiger partial charge in [-0.1, -0.05) is 12.8 Å². The van der Waals surface area contributed by atoms with Crippen LogP contribution >= 0.6 is 24.0 Å². The van der Waals surface area contributed by atoms with Crippen LogP contribution in [0.5, 0.6) is 0 Å². The highest BCUT2D eigenvalue weighted by atomic mass is 127. The average molecular weight is 502 g/mol. The zero-order valence-corrected chi connectivity index (χ0v) is 18.7. The fourth-order valence-corrected chi connectivity index (χ4v) is 4.12. The molecule has 2 saturated heterocycles. The maximum atomic E-state index is 6.25. The Labute approximate surface area is 183 Å². The molecule has 0 bridgehead atoms. The number of nitrogens with zero attached hydrogens (tertiary/aromatic N) is 5. The summed E-state index contributed by atoms with van der Waals surface area (Å²) < 4.78 is 12.3. The standard InChI is InChI=1S/C19H30N6O2.HI/c20-17(24-10-12-25(13-11-24)18-21-8-5-9-22-18)23-14-16-15-26-19(27-16)6-3-1-2-4-7-19;/h5,8-9,16H,1-4,6-7,10-15H2,(H2,20,23);1H. The molecule has 1 saturated carbocycles. The predicted octanol–water partition coefficient (Wildman–Crippen LogP) is 2.00. The van der Waals surface area contributed by atoms with Crippen LogP contribution in [0.3, 0.4) is 0 Å². The summed E-state index contributed by atoms with van der Waals surface area (Å²) in [5.74, 6) is 1.01. The first kappa shape index (κ1) is 21.5. The third-order valence-electron chi connectivity index (χ3n) is 5.67. The van der Waals surface area contributed by atoms with Crippen molar-refractivity contribution in [2.75, 3.05) is 44.2 Å². The molecule has 8 nitrogen and oxygen atoms in total. The molecule has 2 N–H and O–H groups in total. The number of halogens is 1. The quantitative estimate of drug-likeness (QED) is 0.384. The van der Waals surface area contributed by atoms with Gasteiger partial charge in [0.2, 0.25) is 5.95 Å². The number of aromatic nitrogens is 2. The van der Waals surface area contributed by atoms with Crippen molar-refractivity contribution >= 4 is 35.9 Å². The largest absolute Gasteiger partial charge is 0.370 e. The first-order valence-corrected chi connectivity index (χ1v) is 10.1. The molecule has 4 rings (SSSR count). The molecule has 3 aliphatic rings. The third kappa shape index (κ3) is 5.24. The molecule has 1 aromatic heterocycles. The Morgan fingerprint density at radius 2 is 1.79 bits per heavy atom. The molecule has 1 atom stereocenters. The lowest BCUT2D eigenvalue weighted by atomic mass is 10.1. The number of guanidine groups is 1. The van der Waals surface area contributed by atoms with Gasteiger partial charge in [-0.2, -0.15) is 0 Å². The first-order chi connectivity index (χ1) is 13.2. The van der Waals surface area contributed by atoms with Crippen molar-refractivity contribution in [3.05, 3.63) is 18.5 Å². The fraction of sp³-hybridized carbons (Fsp3) is 0.737. The van der Waals surface area contributed by atoms with Crippen LogP contribution < -0.4 is 10.6 Å². The minimum absolute atomic E-state index is 0. The van der Waals surface area contributed by atoms with Gasteiger partial charge in [0, 0.05) is 51.4 Å². The maximum absolute atomic E-state index is 6.25.